The van der Waals surface area contributed by atoms with Gasteiger partial charge in [-0.15, -0.1) is 0 Å². The number of aromatic nitrogens is 2. The van der Waals surface area contributed by atoms with Gasteiger partial charge in [-0.1, -0.05) is 0 Å². The van der Waals surface area contributed by atoms with E-state index in [2.05, 4.69) is 5.10 Å². The fraction of sp³-hybridized carbons (Fsp3) is 0.545. The molecule has 1 aliphatic rings. The summed E-state index contributed by atoms with van der Waals surface area (Å²) in [5.74, 6) is 0.0586. The van der Waals surface area contributed by atoms with E-state index in [0.717, 1.165) is 0 Å². The smallest absolute Gasteiger partial charge is 0.244 e. The van der Waals surface area contributed by atoms with Gasteiger partial charge in [0.2, 0.25) is 11.8 Å². The molecule has 2 rings (SSSR count). The molecule has 1 aliphatic heterocycles. The number of rotatable bonds is 2. The average Bonchev–Trinajstić information content (AvgIpc) is 2.75. The standard InChI is InChI=1S/C11H17N5O2/c1-9(17)14-2-4-15(5-3-14)11(18)8-16-7-10(12)6-13-16/h6-7H,2-5,8,12H2,1H3. The van der Waals surface area contributed by atoms with Crippen molar-refractivity contribution in [3.63, 3.8) is 0 Å². The third-order valence-electron chi connectivity index (χ3n) is 3.03. The van der Waals surface area contributed by atoms with Crippen LogP contribution in [0, 0.1) is 0 Å². The van der Waals surface area contributed by atoms with Gasteiger partial charge in [-0.25, -0.2) is 0 Å². The van der Waals surface area contributed by atoms with Gasteiger partial charge in [0.15, 0.2) is 0 Å². The zero-order valence-electron chi connectivity index (χ0n) is 10.4. The molecule has 2 heterocycles. The Kier molecular flexibility index (Phi) is 3.50. The lowest BCUT2D eigenvalue weighted by molar-refractivity contribution is -0.138. The highest BCUT2D eigenvalue weighted by atomic mass is 16.2. The Morgan fingerprint density at radius 2 is 1.89 bits per heavy atom. The molecular formula is C11H17N5O2. The van der Waals surface area contributed by atoms with Crippen LogP contribution in [0.5, 0.6) is 0 Å². The molecule has 0 bridgehead atoms. The zero-order chi connectivity index (χ0) is 13.1. The number of hydrogen-bond acceptors (Lipinski definition) is 4. The Labute approximate surface area is 105 Å². The number of carbonyl (C=O) groups excluding carboxylic acids is 2. The minimum atomic E-state index is 0.00121. The summed E-state index contributed by atoms with van der Waals surface area (Å²) >= 11 is 0. The zero-order valence-corrected chi connectivity index (χ0v) is 10.4. The predicted octanol–water partition coefficient (Wildman–Crippen LogP) is -0.844. The molecule has 7 heteroatoms. The topological polar surface area (TPSA) is 84.5 Å². The maximum atomic E-state index is 12.0. The summed E-state index contributed by atoms with van der Waals surface area (Å²) in [6.45, 7) is 4.09. The monoisotopic (exact) mass is 251 g/mol. The minimum Gasteiger partial charge on any atom is -0.396 e. The summed E-state index contributed by atoms with van der Waals surface area (Å²) in [5.41, 5.74) is 6.08. The van der Waals surface area contributed by atoms with E-state index in [9.17, 15) is 9.59 Å². The van der Waals surface area contributed by atoms with Gasteiger partial charge < -0.3 is 15.5 Å². The molecule has 0 spiro atoms. The summed E-state index contributed by atoms with van der Waals surface area (Å²) in [6.07, 6.45) is 3.14. The van der Waals surface area contributed by atoms with Crippen LogP contribution in [0.1, 0.15) is 6.92 Å². The van der Waals surface area contributed by atoms with Crippen molar-refractivity contribution in [3.8, 4) is 0 Å². The van der Waals surface area contributed by atoms with Gasteiger partial charge in [0.1, 0.15) is 6.54 Å². The lowest BCUT2D eigenvalue weighted by Crippen LogP contribution is -2.50. The molecule has 2 amide bonds. The Morgan fingerprint density at radius 1 is 1.28 bits per heavy atom. The Balaban J connectivity index is 1.86. The predicted molar refractivity (Wildman–Crippen MR) is 65.5 cm³/mol. The molecule has 7 nitrogen and oxygen atoms in total. The van der Waals surface area contributed by atoms with E-state index in [1.165, 1.54) is 10.9 Å². The first-order valence-electron chi connectivity index (χ1n) is 5.87. The highest BCUT2D eigenvalue weighted by Crippen LogP contribution is 2.04. The fourth-order valence-corrected chi connectivity index (χ4v) is 1.98. The van der Waals surface area contributed by atoms with Crippen LogP contribution in [-0.2, 0) is 16.1 Å². The van der Waals surface area contributed by atoms with Gasteiger partial charge in [-0.05, 0) is 0 Å². The second-order valence-electron chi connectivity index (χ2n) is 4.36. The van der Waals surface area contributed by atoms with Gasteiger partial charge in [0.25, 0.3) is 0 Å². The van der Waals surface area contributed by atoms with Crippen LogP contribution in [0.3, 0.4) is 0 Å². The highest BCUT2D eigenvalue weighted by Gasteiger charge is 2.22. The van der Waals surface area contributed by atoms with Crippen molar-refractivity contribution in [2.45, 2.75) is 13.5 Å². The van der Waals surface area contributed by atoms with E-state index in [-0.39, 0.29) is 18.4 Å². The van der Waals surface area contributed by atoms with Crippen molar-refractivity contribution in [3.05, 3.63) is 12.4 Å². The summed E-state index contributed by atoms with van der Waals surface area (Å²) in [5, 5.41) is 3.97. The molecule has 0 aromatic carbocycles. The molecular weight excluding hydrogens is 234 g/mol. The summed E-state index contributed by atoms with van der Waals surface area (Å²) in [4.78, 5) is 26.6. The number of carbonyl (C=O) groups is 2. The van der Waals surface area contributed by atoms with E-state index in [1.54, 1.807) is 22.9 Å². The van der Waals surface area contributed by atoms with Crippen LogP contribution >= 0.6 is 0 Å². The van der Waals surface area contributed by atoms with Crippen LogP contribution in [0.25, 0.3) is 0 Å². The number of piperazine rings is 1. The molecule has 1 saturated heterocycles. The van der Waals surface area contributed by atoms with Crippen LogP contribution in [0.2, 0.25) is 0 Å². The third kappa shape index (κ3) is 2.79. The van der Waals surface area contributed by atoms with E-state index in [1.807, 2.05) is 0 Å². The number of nitrogen functional groups attached to an aromatic ring is 1. The van der Waals surface area contributed by atoms with Gasteiger partial charge >= 0.3 is 0 Å². The molecule has 18 heavy (non-hydrogen) atoms. The van der Waals surface area contributed by atoms with E-state index >= 15 is 0 Å². The molecule has 0 saturated carbocycles. The SMILES string of the molecule is CC(=O)N1CCN(C(=O)Cn2cc(N)cn2)CC1. The van der Waals surface area contributed by atoms with Crippen molar-refractivity contribution < 1.29 is 9.59 Å². The fourth-order valence-electron chi connectivity index (χ4n) is 1.98. The number of hydrogen-bond donors (Lipinski definition) is 1. The molecule has 98 valence electrons. The molecule has 0 atom stereocenters. The van der Waals surface area contributed by atoms with Crippen molar-refractivity contribution in [1.29, 1.82) is 0 Å². The number of nitrogens with zero attached hydrogens (tertiary/aromatic N) is 4. The van der Waals surface area contributed by atoms with Crippen molar-refractivity contribution >= 4 is 17.5 Å². The van der Waals surface area contributed by atoms with E-state index in [4.69, 9.17) is 5.73 Å². The number of nitrogens with two attached hydrogens (primary N) is 1. The first-order chi connectivity index (χ1) is 8.56. The minimum absolute atomic E-state index is 0.00121. The maximum absolute atomic E-state index is 12.0. The maximum Gasteiger partial charge on any atom is 0.244 e. The number of anilines is 1. The Hall–Kier alpha value is -2.05. The summed E-state index contributed by atoms with van der Waals surface area (Å²) in [7, 11) is 0. The molecule has 1 aromatic rings. The average molecular weight is 251 g/mol. The summed E-state index contributed by atoms with van der Waals surface area (Å²) in [6, 6.07) is 0. The van der Waals surface area contributed by atoms with Crippen LogP contribution in [-0.4, -0.2) is 57.6 Å². The third-order valence-corrected chi connectivity index (χ3v) is 3.03. The molecule has 0 unspecified atom stereocenters. The van der Waals surface area contributed by atoms with Crippen molar-refractivity contribution in [1.82, 2.24) is 19.6 Å². The second-order valence-corrected chi connectivity index (χ2v) is 4.36. The van der Waals surface area contributed by atoms with Gasteiger partial charge in [-0.3, -0.25) is 14.3 Å². The van der Waals surface area contributed by atoms with Gasteiger partial charge in [-0.2, -0.15) is 5.10 Å². The van der Waals surface area contributed by atoms with Gasteiger partial charge in [0, 0.05) is 39.3 Å². The normalized spacial score (nSPS) is 15.8. The molecule has 1 fully saturated rings. The van der Waals surface area contributed by atoms with Gasteiger partial charge in [0.05, 0.1) is 11.9 Å². The summed E-state index contributed by atoms with van der Waals surface area (Å²) < 4.78 is 1.52. The lowest BCUT2D eigenvalue weighted by Gasteiger charge is -2.34. The molecule has 0 radical (unpaired) electrons. The molecule has 1 aromatic heterocycles. The van der Waals surface area contributed by atoms with E-state index in [0.29, 0.717) is 31.9 Å². The second kappa shape index (κ2) is 5.07. The highest BCUT2D eigenvalue weighted by molar-refractivity contribution is 5.77. The quantitative estimate of drug-likeness (QED) is 0.742. The van der Waals surface area contributed by atoms with Crippen molar-refractivity contribution in [2.24, 2.45) is 0 Å². The lowest BCUT2D eigenvalue weighted by atomic mass is 10.3. The van der Waals surface area contributed by atoms with Crippen LogP contribution in [0.15, 0.2) is 12.4 Å². The van der Waals surface area contributed by atoms with Crippen LogP contribution < -0.4 is 5.73 Å². The molecule has 2 N–H and O–H groups in total. The Morgan fingerprint density at radius 3 is 2.39 bits per heavy atom. The largest absolute Gasteiger partial charge is 0.396 e. The van der Waals surface area contributed by atoms with Crippen LogP contribution in [0.4, 0.5) is 5.69 Å². The molecule has 0 aliphatic carbocycles. The first-order valence-corrected chi connectivity index (χ1v) is 5.87. The van der Waals surface area contributed by atoms with Crippen molar-refractivity contribution in [2.75, 3.05) is 31.9 Å². The Bertz CT molecular complexity index is 448. The van der Waals surface area contributed by atoms with E-state index < -0.39 is 0 Å². The first kappa shape index (κ1) is 12.4. The number of amides is 2.